The van der Waals surface area contributed by atoms with E-state index in [9.17, 15) is 4.79 Å². The van der Waals surface area contributed by atoms with E-state index in [4.69, 9.17) is 9.47 Å². The van der Waals surface area contributed by atoms with Crippen molar-refractivity contribution in [2.45, 2.75) is 18.4 Å². The Labute approximate surface area is 174 Å². The Morgan fingerprint density at radius 2 is 1.83 bits per heavy atom. The van der Waals surface area contributed by atoms with Crippen LogP contribution in [0.4, 0.5) is 5.95 Å². The van der Waals surface area contributed by atoms with Gasteiger partial charge in [-0.25, -0.2) is 4.68 Å². The van der Waals surface area contributed by atoms with E-state index in [1.54, 1.807) is 14.2 Å². The van der Waals surface area contributed by atoms with Crippen molar-refractivity contribution >= 4 is 11.7 Å². The second-order valence-electron chi connectivity index (χ2n) is 7.50. The number of Topliss-reactive ketones (excluding diaryl/α,β-unsaturated/α-hetero) is 1. The topological polar surface area (TPSA) is 78.3 Å². The van der Waals surface area contributed by atoms with Crippen LogP contribution in [0.1, 0.15) is 29.5 Å². The van der Waals surface area contributed by atoms with Gasteiger partial charge in [0.1, 0.15) is 12.1 Å². The molecule has 0 saturated carbocycles. The molecule has 0 amide bonds. The number of carbonyl (C=O) groups is 1. The van der Waals surface area contributed by atoms with Crippen molar-refractivity contribution in [2.75, 3.05) is 19.5 Å². The lowest BCUT2D eigenvalue weighted by atomic mass is 9.75. The van der Waals surface area contributed by atoms with Gasteiger partial charge in [0.15, 0.2) is 11.5 Å². The fraction of sp³-hybridized carbons (Fsp3) is 0.261. The highest BCUT2D eigenvalue weighted by Gasteiger charge is 2.43. The number of ketones is 1. The number of nitrogens with one attached hydrogen (secondary N) is 1. The summed E-state index contributed by atoms with van der Waals surface area (Å²) in [6.07, 6.45) is 4.08. The maximum absolute atomic E-state index is 13.4. The highest BCUT2D eigenvalue weighted by atomic mass is 16.5. The number of aromatic nitrogens is 3. The largest absolute Gasteiger partial charge is 0.493 e. The summed E-state index contributed by atoms with van der Waals surface area (Å²) in [5.41, 5.74) is 2.93. The second kappa shape index (κ2) is 7.33. The molecule has 152 valence electrons. The van der Waals surface area contributed by atoms with Crippen LogP contribution >= 0.6 is 0 Å². The number of fused-ring (bicyclic) bond motifs is 2. The Hall–Kier alpha value is -3.61. The predicted molar refractivity (Wildman–Crippen MR) is 112 cm³/mol. The molecule has 0 radical (unpaired) electrons. The van der Waals surface area contributed by atoms with Crippen LogP contribution in [0.2, 0.25) is 0 Å². The van der Waals surface area contributed by atoms with Gasteiger partial charge in [-0.05, 0) is 23.3 Å². The minimum absolute atomic E-state index is 0.0537. The Kier molecular flexibility index (Phi) is 4.50. The van der Waals surface area contributed by atoms with Gasteiger partial charge in [0, 0.05) is 18.0 Å². The lowest BCUT2D eigenvalue weighted by Gasteiger charge is -2.38. The van der Waals surface area contributed by atoms with Gasteiger partial charge >= 0.3 is 0 Å². The van der Waals surface area contributed by atoms with Crippen LogP contribution in [0, 0.1) is 5.92 Å². The van der Waals surface area contributed by atoms with Gasteiger partial charge in [-0.15, -0.1) is 0 Å². The first-order valence-corrected chi connectivity index (χ1v) is 9.87. The average molecular weight is 402 g/mol. The van der Waals surface area contributed by atoms with E-state index in [0.29, 0.717) is 23.9 Å². The number of carbonyl (C=O) groups excluding carboxylic acids is 1. The minimum Gasteiger partial charge on any atom is -0.493 e. The van der Waals surface area contributed by atoms with Crippen LogP contribution in [0.15, 0.2) is 66.6 Å². The molecule has 30 heavy (non-hydrogen) atoms. The molecule has 2 heterocycles. The van der Waals surface area contributed by atoms with Gasteiger partial charge in [-0.1, -0.05) is 42.5 Å². The Morgan fingerprint density at radius 1 is 1.03 bits per heavy atom. The summed E-state index contributed by atoms with van der Waals surface area (Å²) in [6, 6.07) is 15.6. The normalized spacial score (nSPS) is 22.4. The zero-order valence-electron chi connectivity index (χ0n) is 16.8. The van der Waals surface area contributed by atoms with E-state index < -0.39 is 0 Å². The third kappa shape index (κ3) is 2.94. The lowest BCUT2D eigenvalue weighted by Crippen LogP contribution is -2.40. The van der Waals surface area contributed by atoms with Crippen molar-refractivity contribution in [2.24, 2.45) is 5.92 Å². The maximum Gasteiger partial charge on any atom is 0.226 e. The molecule has 3 aromatic rings. The van der Waals surface area contributed by atoms with Crippen LogP contribution in [0.5, 0.6) is 11.5 Å². The highest BCUT2D eigenvalue weighted by Crippen LogP contribution is 2.44. The Balaban J connectivity index is 1.57. The average Bonchev–Trinajstić information content (AvgIpc) is 3.25. The molecule has 2 aliphatic rings. The van der Waals surface area contributed by atoms with Crippen molar-refractivity contribution in [3.05, 3.63) is 77.8 Å². The van der Waals surface area contributed by atoms with Crippen LogP contribution < -0.4 is 14.8 Å². The molecule has 1 aromatic heterocycles. The van der Waals surface area contributed by atoms with E-state index in [-0.39, 0.29) is 23.7 Å². The van der Waals surface area contributed by atoms with E-state index >= 15 is 0 Å². The maximum atomic E-state index is 13.4. The molecule has 0 saturated heterocycles. The number of hydrogen-bond acceptors (Lipinski definition) is 6. The van der Waals surface area contributed by atoms with Gasteiger partial charge in [-0.2, -0.15) is 10.1 Å². The van der Waals surface area contributed by atoms with Gasteiger partial charge in [0.05, 0.1) is 26.2 Å². The van der Waals surface area contributed by atoms with Crippen LogP contribution in [-0.4, -0.2) is 34.8 Å². The molecule has 1 aliphatic heterocycles. The van der Waals surface area contributed by atoms with Gasteiger partial charge in [0.25, 0.3) is 0 Å². The first-order chi connectivity index (χ1) is 14.7. The number of nitrogens with zero attached hydrogens (tertiary/aromatic N) is 3. The number of methoxy groups -OCH3 is 2. The summed E-state index contributed by atoms with van der Waals surface area (Å²) in [4.78, 5) is 17.8. The van der Waals surface area contributed by atoms with Crippen molar-refractivity contribution in [1.29, 1.82) is 0 Å². The number of anilines is 1. The standard InChI is InChI=1S/C23H22N4O3/c1-29-19-9-8-15(12-20(19)30-2)16-10-17-21(18(28)11-16)22(14-6-4-3-5-7-14)27-23(26-17)24-13-25-27/h3-10,12-13,16,21-22H,11H2,1-2H3,(H,24,25,26)/t16-,21-,22-/m0/s1. The lowest BCUT2D eigenvalue weighted by molar-refractivity contribution is -0.123. The minimum atomic E-state index is -0.321. The number of benzene rings is 2. The fourth-order valence-electron chi connectivity index (χ4n) is 4.46. The molecular formula is C23H22N4O3. The van der Waals surface area contributed by atoms with Crippen LogP contribution in [0.3, 0.4) is 0 Å². The molecule has 2 aromatic carbocycles. The molecule has 0 bridgehead atoms. The quantitative estimate of drug-likeness (QED) is 0.719. The molecule has 5 rings (SSSR count). The first-order valence-electron chi connectivity index (χ1n) is 9.87. The zero-order valence-corrected chi connectivity index (χ0v) is 16.8. The number of ether oxygens (including phenoxy) is 2. The summed E-state index contributed by atoms with van der Waals surface area (Å²) in [5, 5.41) is 7.73. The van der Waals surface area contributed by atoms with E-state index in [1.165, 1.54) is 6.33 Å². The van der Waals surface area contributed by atoms with E-state index in [1.807, 2.05) is 53.2 Å². The molecule has 3 atom stereocenters. The van der Waals surface area contributed by atoms with Crippen LogP contribution in [0.25, 0.3) is 0 Å². The zero-order chi connectivity index (χ0) is 20.7. The number of hydrogen-bond donors (Lipinski definition) is 1. The summed E-state index contributed by atoms with van der Waals surface area (Å²) in [6.45, 7) is 0. The smallest absolute Gasteiger partial charge is 0.226 e. The van der Waals surface area contributed by atoms with Gasteiger partial charge in [-0.3, -0.25) is 4.79 Å². The molecule has 7 heteroatoms. The molecule has 7 nitrogen and oxygen atoms in total. The Bertz CT molecular complexity index is 1120. The molecule has 0 unspecified atom stereocenters. The fourth-order valence-corrected chi connectivity index (χ4v) is 4.46. The number of allylic oxidation sites excluding steroid dienone is 2. The highest BCUT2D eigenvalue weighted by molar-refractivity contribution is 5.88. The molecule has 0 fully saturated rings. The molecule has 0 spiro atoms. The Morgan fingerprint density at radius 3 is 2.60 bits per heavy atom. The summed E-state index contributed by atoms with van der Waals surface area (Å²) in [5.74, 6) is 1.77. The SMILES string of the molecule is COc1ccc([C@H]2C=C3Nc4ncnn4[C@@H](c4ccccc4)[C@@H]3C(=O)C2)cc1OC. The summed E-state index contributed by atoms with van der Waals surface area (Å²) < 4.78 is 12.6. The first kappa shape index (κ1) is 18.4. The predicted octanol–water partition coefficient (Wildman–Crippen LogP) is 3.57. The monoisotopic (exact) mass is 402 g/mol. The number of rotatable bonds is 4. The van der Waals surface area contributed by atoms with Crippen molar-refractivity contribution in [3.8, 4) is 11.5 Å². The van der Waals surface area contributed by atoms with Gasteiger partial charge in [0.2, 0.25) is 5.95 Å². The van der Waals surface area contributed by atoms with Crippen molar-refractivity contribution in [1.82, 2.24) is 14.8 Å². The third-order valence-electron chi connectivity index (χ3n) is 5.87. The summed E-state index contributed by atoms with van der Waals surface area (Å²) >= 11 is 0. The van der Waals surface area contributed by atoms with Crippen molar-refractivity contribution < 1.29 is 14.3 Å². The van der Waals surface area contributed by atoms with E-state index in [0.717, 1.165) is 16.8 Å². The van der Waals surface area contributed by atoms with Crippen LogP contribution in [-0.2, 0) is 4.79 Å². The summed E-state index contributed by atoms with van der Waals surface area (Å²) in [7, 11) is 3.22. The molecule has 1 aliphatic carbocycles. The molecular weight excluding hydrogens is 380 g/mol. The van der Waals surface area contributed by atoms with E-state index in [2.05, 4.69) is 21.5 Å². The second-order valence-corrected chi connectivity index (χ2v) is 7.50. The molecule has 1 N–H and O–H groups in total. The van der Waals surface area contributed by atoms with Gasteiger partial charge < -0.3 is 14.8 Å². The third-order valence-corrected chi connectivity index (χ3v) is 5.87. The van der Waals surface area contributed by atoms with Crippen molar-refractivity contribution in [3.63, 3.8) is 0 Å².